The fraction of sp³-hybridized carbons (Fsp3) is 0.188. The van der Waals surface area contributed by atoms with Crippen LogP contribution in [0.1, 0.15) is 12.5 Å². The molecule has 0 bridgehead atoms. The largest absolute Gasteiger partial charge is 0.494 e. The Balaban J connectivity index is 1.73. The number of hydrogen-bond donors (Lipinski definition) is 0. The zero-order valence-electron chi connectivity index (χ0n) is 11.5. The summed E-state index contributed by atoms with van der Waals surface area (Å²) in [6.07, 6.45) is 0. The quantitative estimate of drug-likeness (QED) is 0.609. The summed E-state index contributed by atoms with van der Waals surface area (Å²) in [6.45, 7) is 2.64. The average molecular weight is 319 g/mol. The Kier molecular flexibility index (Phi) is 4.41. The van der Waals surface area contributed by atoms with Crippen LogP contribution in [-0.4, -0.2) is 11.6 Å². The van der Waals surface area contributed by atoms with Crippen LogP contribution in [0.15, 0.2) is 46.8 Å². The van der Waals surface area contributed by atoms with Gasteiger partial charge in [-0.25, -0.2) is 9.37 Å². The number of nitrogens with zero attached hydrogens (tertiary/aromatic N) is 1. The van der Waals surface area contributed by atoms with Crippen molar-refractivity contribution in [3.05, 3.63) is 53.8 Å². The highest BCUT2D eigenvalue weighted by Gasteiger charge is 2.06. The predicted octanol–water partition coefficient (Wildman–Crippen LogP) is 5.13. The van der Waals surface area contributed by atoms with Gasteiger partial charge in [0, 0.05) is 5.75 Å². The first-order valence-electron chi connectivity index (χ1n) is 6.65. The Morgan fingerprint density at radius 3 is 2.76 bits per heavy atom. The fourth-order valence-electron chi connectivity index (χ4n) is 1.93. The van der Waals surface area contributed by atoms with E-state index in [0.717, 1.165) is 31.6 Å². The van der Waals surface area contributed by atoms with Gasteiger partial charge >= 0.3 is 0 Å². The summed E-state index contributed by atoms with van der Waals surface area (Å²) < 4.78 is 20.5. The first-order valence-corrected chi connectivity index (χ1v) is 8.45. The van der Waals surface area contributed by atoms with Gasteiger partial charge in [-0.05, 0) is 42.8 Å². The first kappa shape index (κ1) is 14.4. The van der Waals surface area contributed by atoms with Crippen LogP contribution in [-0.2, 0) is 5.75 Å². The maximum absolute atomic E-state index is 12.9. The molecule has 0 atom stereocenters. The number of fused-ring (bicyclic) bond motifs is 1. The van der Waals surface area contributed by atoms with Crippen molar-refractivity contribution in [2.45, 2.75) is 17.0 Å². The molecule has 0 saturated carbocycles. The molecule has 0 unspecified atom stereocenters. The van der Waals surface area contributed by atoms with Crippen molar-refractivity contribution in [1.82, 2.24) is 4.98 Å². The standard InChI is InChI=1S/C16H14FNOS2/c1-2-19-13-7-8-14-15(9-13)21-16(18-14)20-10-11-3-5-12(17)6-4-11/h3-9H,2,10H2,1H3. The Labute approximate surface area is 131 Å². The van der Waals surface area contributed by atoms with Gasteiger partial charge in [0.1, 0.15) is 11.6 Å². The molecule has 1 aromatic heterocycles. The molecular formula is C16H14FNOS2. The number of thioether (sulfide) groups is 1. The molecule has 1 heterocycles. The van der Waals surface area contributed by atoms with Crippen molar-refractivity contribution in [3.63, 3.8) is 0 Å². The minimum atomic E-state index is -0.202. The summed E-state index contributed by atoms with van der Waals surface area (Å²) in [5.74, 6) is 1.47. The van der Waals surface area contributed by atoms with E-state index >= 15 is 0 Å². The third kappa shape index (κ3) is 3.54. The van der Waals surface area contributed by atoms with E-state index in [1.54, 1.807) is 23.1 Å². The van der Waals surface area contributed by atoms with Gasteiger partial charge in [-0.15, -0.1) is 11.3 Å². The van der Waals surface area contributed by atoms with Crippen molar-refractivity contribution in [3.8, 4) is 5.75 Å². The number of ether oxygens (including phenoxy) is 1. The van der Waals surface area contributed by atoms with Gasteiger partial charge in [0.05, 0.1) is 16.8 Å². The topological polar surface area (TPSA) is 22.1 Å². The summed E-state index contributed by atoms with van der Waals surface area (Å²) in [5, 5.41) is 0. The van der Waals surface area contributed by atoms with E-state index in [-0.39, 0.29) is 5.82 Å². The monoisotopic (exact) mass is 319 g/mol. The highest BCUT2D eigenvalue weighted by Crippen LogP contribution is 2.33. The lowest BCUT2D eigenvalue weighted by Gasteiger charge is -2.00. The Morgan fingerprint density at radius 1 is 1.19 bits per heavy atom. The second-order valence-corrected chi connectivity index (χ2v) is 6.71. The molecule has 21 heavy (non-hydrogen) atoms. The number of benzene rings is 2. The van der Waals surface area contributed by atoms with Gasteiger partial charge in [-0.1, -0.05) is 23.9 Å². The van der Waals surface area contributed by atoms with Gasteiger partial charge in [0.25, 0.3) is 0 Å². The van der Waals surface area contributed by atoms with Crippen LogP contribution >= 0.6 is 23.1 Å². The van der Waals surface area contributed by atoms with E-state index in [1.165, 1.54) is 12.1 Å². The van der Waals surface area contributed by atoms with E-state index in [2.05, 4.69) is 4.98 Å². The lowest BCUT2D eigenvalue weighted by Crippen LogP contribution is -1.89. The first-order chi connectivity index (χ1) is 10.2. The van der Waals surface area contributed by atoms with Crippen LogP contribution in [0.5, 0.6) is 5.75 Å². The molecule has 0 N–H and O–H groups in total. The molecule has 0 amide bonds. The lowest BCUT2D eigenvalue weighted by molar-refractivity contribution is 0.341. The minimum Gasteiger partial charge on any atom is -0.494 e. The molecule has 0 aliphatic rings. The van der Waals surface area contributed by atoms with Gasteiger partial charge in [0.15, 0.2) is 4.34 Å². The summed E-state index contributed by atoms with van der Waals surface area (Å²) in [7, 11) is 0. The molecule has 5 heteroatoms. The van der Waals surface area contributed by atoms with E-state index in [1.807, 2.05) is 37.3 Å². The number of hydrogen-bond acceptors (Lipinski definition) is 4. The summed E-state index contributed by atoms with van der Waals surface area (Å²) >= 11 is 3.33. The van der Waals surface area contributed by atoms with Gasteiger partial charge < -0.3 is 4.74 Å². The molecule has 3 rings (SSSR count). The lowest BCUT2D eigenvalue weighted by atomic mass is 10.2. The predicted molar refractivity (Wildman–Crippen MR) is 86.8 cm³/mol. The van der Waals surface area contributed by atoms with Crippen LogP contribution in [0.25, 0.3) is 10.2 Å². The fourth-order valence-corrected chi connectivity index (χ4v) is 3.98. The van der Waals surface area contributed by atoms with Crippen molar-refractivity contribution < 1.29 is 9.13 Å². The number of thiazole rings is 1. The molecular weight excluding hydrogens is 305 g/mol. The Hall–Kier alpha value is -1.59. The highest BCUT2D eigenvalue weighted by atomic mass is 32.2. The van der Waals surface area contributed by atoms with Crippen molar-refractivity contribution in [2.24, 2.45) is 0 Å². The molecule has 0 spiro atoms. The summed E-state index contributed by atoms with van der Waals surface area (Å²) in [4.78, 5) is 4.60. The van der Waals surface area contributed by atoms with Crippen LogP contribution in [0.4, 0.5) is 4.39 Å². The molecule has 0 radical (unpaired) electrons. The summed E-state index contributed by atoms with van der Waals surface area (Å²) in [5.41, 5.74) is 2.08. The van der Waals surface area contributed by atoms with Crippen LogP contribution in [0.3, 0.4) is 0 Å². The van der Waals surface area contributed by atoms with Crippen LogP contribution in [0.2, 0.25) is 0 Å². The average Bonchev–Trinajstić information content (AvgIpc) is 2.89. The van der Waals surface area contributed by atoms with Gasteiger partial charge in [0.2, 0.25) is 0 Å². The molecule has 2 nitrogen and oxygen atoms in total. The molecule has 0 saturated heterocycles. The normalized spacial score (nSPS) is 11.0. The van der Waals surface area contributed by atoms with Crippen molar-refractivity contribution >= 4 is 33.3 Å². The molecule has 0 fully saturated rings. The zero-order chi connectivity index (χ0) is 14.7. The number of halogens is 1. The van der Waals surface area contributed by atoms with Crippen molar-refractivity contribution in [1.29, 1.82) is 0 Å². The van der Waals surface area contributed by atoms with Crippen LogP contribution in [0, 0.1) is 5.82 Å². The smallest absolute Gasteiger partial charge is 0.151 e. The van der Waals surface area contributed by atoms with E-state index in [4.69, 9.17) is 4.74 Å². The third-order valence-corrected chi connectivity index (χ3v) is 5.16. The maximum atomic E-state index is 12.9. The third-order valence-electron chi connectivity index (χ3n) is 2.93. The SMILES string of the molecule is CCOc1ccc2nc(SCc3ccc(F)cc3)sc2c1. The van der Waals surface area contributed by atoms with E-state index < -0.39 is 0 Å². The maximum Gasteiger partial charge on any atom is 0.151 e. The van der Waals surface area contributed by atoms with Crippen LogP contribution < -0.4 is 4.74 Å². The molecule has 108 valence electrons. The number of aromatic nitrogens is 1. The highest BCUT2D eigenvalue weighted by molar-refractivity contribution is 8.00. The van der Waals surface area contributed by atoms with Gasteiger partial charge in [-0.2, -0.15) is 0 Å². The van der Waals surface area contributed by atoms with Crippen molar-refractivity contribution in [2.75, 3.05) is 6.61 Å². The summed E-state index contributed by atoms with van der Waals surface area (Å²) in [6, 6.07) is 12.5. The van der Waals surface area contributed by atoms with E-state index in [0.29, 0.717) is 6.61 Å². The molecule has 0 aliphatic heterocycles. The van der Waals surface area contributed by atoms with Gasteiger partial charge in [-0.3, -0.25) is 0 Å². The zero-order valence-corrected chi connectivity index (χ0v) is 13.1. The second kappa shape index (κ2) is 6.45. The molecule has 2 aromatic carbocycles. The number of rotatable bonds is 5. The molecule has 0 aliphatic carbocycles. The Bertz CT molecular complexity index is 740. The Morgan fingerprint density at radius 2 is 2.00 bits per heavy atom. The minimum absolute atomic E-state index is 0.202. The van der Waals surface area contributed by atoms with E-state index in [9.17, 15) is 4.39 Å². The second-order valence-electron chi connectivity index (χ2n) is 4.46. The molecule has 3 aromatic rings.